The van der Waals surface area contributed by atoms with Crippen LogP contribution in [-0.2, 0) is 0 Å². The Labute approximate surface area is 96.0 Å². The van der Waals surface area contributed by atoms with E-state index in [4.69, 9.17) is 16.6 Å². The third kappa shape index (κ3) is 3.68. The zero-order valence-corrected chi connectivity index (χ0v) is 9.90. The van der Waals surface area contributed by atoms with E-state index in [0.29, 0.717) is 12.0 Å². The van der Waals surface area contributed by atoms with Gasteiger partial charge in [-0.05, 0) is 19.3 Å². The van der Waals surface area contributed by atoms with E-state index in [0.717, 1.165) is 25.8 Å². The fraction of sp³-hybridized carbons (Fsp3) is 0.875. The maximum Gasteiger partial charge on any atom is 0.341 e. The molecule has 1 aliphatic heterocycles. The van der Waals surface area contributed by atoms with Crippen LogP contribution in [0, 0.1) is 0 Å². The molecule has 0 amide bonds. The average Bonchev–Trinajstić information content (AvgIpc) is 2.05. The Morgan fingerprint density at radius 2 is 2.08 bits per heavy atom. The quantitative estimate of drug-likeness (QED) is 0.278. The summed E-state index contributed by atoms with van der Waals surface area (Å²) < 4.78 is 2.00. The molecular weight excluding hydrogens is 281 g/mol. The highest BCUT2D eigenvalue weighted by molar-refractivity contribution is 5.70. The van der Waals surface area contributed by atoms with E-state index in [1.165, 1.54) is 6.42 Å². The molecule has 5 heteroatoms. The van der Waals surface area contributed by atoms with Gasteiger partial charge < -0.3 is 29.1 Å². The third-order valence-corrected chi connectivity index (χ3v) is 2.42. The summed E-state index contributed by atoms with van der Waals surface area (Å²) in [4.78, 5) is 0. The third-order valence-electron chi connectivity index (χ3n) is 2.42. The van der Waals surface area contributed by atoms with Gasteiger partial charge in [-0.25, -0.2) is 0 Å². The zero-order chi connectivity index (χ0) is 8.97. The van der Waals surface area contributed by atoms with Crippen LogP contribution in [0.3, 0.4) is 0 Å². The van der Waals surface area contributed by atoms with Gasteiger partial charge in [-0.15, -0.1) is 0 Å². The van der Waals surface area contributed by atoms with Crippen LogP contribution in [0.5, 0.6) is 0 Å². The Balaban J connectivity index is 0.00000144. The number of nitrogens with zero attached hydrogens (tertiary/aromatic N) is 1. The molecule has 5 N–H and O–H groups in total. The number of hydrogen-bond acceptors (Lipinski definition) is 1. The van der Waals surface area contributed by atoms with Crippen LogP contribution in [0.4, 0.5) is 0 Å². The van der Waals surface area contributed by atoms with Crippen molar-refractivity contribution in [3.05, 3.63) is 0 Å². The van der Waals surface area contributed by atoms with E-state index < -0.39 is 0 Å². The predicted molar refractivity (Wildman–Crippen MR) is 47.9 cm³/mol. The molecule has 4 nitrogen and oxygen atoms in total. The van der Waals surface area contributed by atoms with Crippen molar-refractivity contribution < 1.29 is 33.7 Å². The lowest BCUT2D eigenvalue weighted by Gasteiger charge is -2.24. The molecule has 0 radical (unpaired) electrons. The Hall–Kier alpha value is -0.0400. The molecule has 1 heterocycles. The first-order chi connectivity index (χ1) is 5.75. The summed E-state index contributed by atoms with van der Waals surface area (Å²) >= 11 is 0. The Kier molecular flexibility index (Phi) is 6.40. The van der Waals surface area contributed by atoms with Gasteiger partial charge >= 0.3 is 5.96 Å². The fourth-order valence-electron chi connectivity index (χ4n) is 1.79. The first-order valence-corrected chi connectivity index (χ1v) is 4.51. The minimum atomic E-state index is 0. The monoisotopic (exact) mass is 299 g/mol. The normalized spacial score (nSPS) is 22.2. The van der Waals surface area contributed by atoms with Gasteiger partial charge in [0.25, 0.3) is 0 Å². The predicted octanol–water partition coefficient (Wildman–Crippen LogP) is -3.79. The number of piperidine rings is 1. The van der Waals surface area contributed by atoms with Crippen molar-refractivity contribution in [3.8, 4) is 0 Å². The molecule has 0 aliphatic carbocycles. The molecule has 0 bridgehead atoms. The standard InChI is InChI=1S/C8H17N3O.HI/c9-8(10)11-5-2-1-3-7(11)4-6-12;/h7,12H,1-6H2,(H3,9,10);1H. The second kappa shape index (κ2) is 6.42. The number of rotatable bonds is 2. The van der Waals surface area contributed by atoms with Crippen LogP contribution < -0.4 is 35.4 Å². The lowest BCUT2D eigenvalue weighted by molar-refractivity contribution is -0.579. The van der Waals surface area contributed by atoms with E-state index in [9.17, 15) is 0 Å². The van der Waals surface area contributed by atoms with Crippen LogP contribution in [0.15, 0.2) is 0 Å². The molecular formula is C8H18IN3O. The highest BCUT2D eigenvalue weighted by atomic mass is 127. The first kappa shape index (κ1) is 13.0. The van der Waals surface area contributed by atoms with Crippen molar-refractivity contribution in [2.75, 3.05) is 13.2 Å². The van der Waals surface area contributed by atoms with Crippen LogP contribution in [0.2, 0.25) is 0 Å². The molecule has 1 atom stereocenters. The molecule has 0 spiro atoms. The number of hydrogen-bond donors (Lipinski definition) is 3. The largest absolute Gasteiger partial charge is 1.00 e. The molecule has 0 aromatic rings. The minimum absolute atomic E-state index is 0. The molecule has 0 aromatic heterocycles. The number of nitrogens with two attached hydrogens (primary N) is 2. The second-order valence-electron chi connectivity index (χ2n) is 3.28. The average molecular weight is 299 g/mol. The van der Waals surface area contributed by atoms with E-state index in [-0.39, 0.29) is 30.6 Å². The summed E-state index contributed by atoms with van der Waals surface area (Å²) in [7, 11) is 0. The maximum absolute atomic E-state index is 8.80. The summed E-state index contributed by atoms with van der Waals surface area (Å²) in [5.74, 6) is 0.396. The summed E-state index contributed by atoms with van der Waals surface area (Å²) in [5, 5.41) is 8.80. The molecule has 0 saturated carbocycles. The lowest BCUT2D eigenvalue weighted by Crippen LogP contribution is -3.00. The van der Waals surface area contributed by atoms with Gasteiger partial charge in [-0.3, -0.25) is 16.0 Å². The smallest absolute Gasteiger partial charge is 0.341 e. The minimum Gasteiger partial charge on any atom is -1.00 e. The number of aliphatic hydroxyl groups excluding tert-OH is 1. The van der Waals surface area contributed by atoms with Crippen molar-refractivity contribution >= 4 is 5.96 Å². The summed E-state index contributed by atoms with van der Waals surface area (Å²) in [5.41, 5.74) is 11.1. The van der Waals surface area contributed by atoms with Crippen molar-refractivity contribution in [3.63, 3.8) is 0 Å². The van der Waals surface area contributed by atoms with E-state index >= 15 is 0 Å². The number of aliphatic hydroxyl groups is 1. The summed E-state index contributed by atoms with van der Waals surface area (Å²) in [6, 6.07) is 0.355. The second-order valence-corrected chi connectivity index (χ2v) is 3.28. The Morgan fingerprint density at radius 3 is 2.62 bits per heavy atom. The highest BCUT2D eigenvalue weighted by Gasteiger charge is 2.21. The van der Waals surface area contributed by atoms with Crippen LogP contribution >= 0.6 is 0 Å². The number of halogens is 1. The number of guanidine groups is 1. The molecule has 78 valence electrons. The highest BCUT2D eigenvalue weighted by Crippen LogP contribution is 2.14. The zero-order valence-electron chi connectivity index (χ0n) is 7.75. The van der Waals surface area contributed by atoms with E-state index in [1.807, 2.05) is 4.58 Å². The molecule has 1 saturated heterocycles. The van der Waals surface area contributed by atoms with Gasteiger partial charge in [0.15, 0.2) is 0 Å². The van der Waals surface area contributed by atoms with Gasteiger partial charge in [-0.2, -0.15) is 0 Å². The molecule has 13 heavy (non-hydrogen) atoms. The molecule has 1 fully saturated rings. The molecule has 1 aliphatic rings. The molecule has 0 aromatic carbocycles. The van der Waals surface area contributed by atoms with Crippen molar-refractivity contribution in [1.82, 2.24) is 0 Å². The van der Waals surface area contributed by atoms with Gasteiger partial charge in [0.2, 0.25) is 0 Å². The van der Waals surface area contributed by atoms with Crippen molar-refractivity contribution in [1.29, 1.82) is 0 Å². The van der Waals surface area contributed by atoms with Gasteiger partial charge in [0.05, 0.1) is 12.6 Å². The SMILES string of the molecule is NC(N)=[N+]1CCCCC1CCO.[I-]. The van der Waals surface area contributed by atoms with Crippen LogP contribution in [0.1, 0.15) is 25.7 Å². The van der Waals surface area contributed by atoms with Gasteiger partial charge in [0, 0.05) is 13.0 Å². The Morgan fingerprint density at radius 1 is 1.38 bits per heavy atom. The molecule has 1 rings (SSSR count). The maximum atomic E-state index is 8.80. The summed E-state index contributed by atoms with van der Waals surface area (Å²) in [6.07, 6.45) is 4.24. The van der Waals surface area contributed by atoms with Crippen LogP contribution in [0.25, 0.3) is 0 Å². The van der Waals surface area contributed by atoms with Crippen molar-refractivity contribution in [2.24, 2.45) is 11.5 Å². The van der Waals surface area contributed by atoms with Gasteiger partial charge in [0.1, 0.15) is 0 Å². The topological polar surface area (TPSA) is 75.3 Å². The lowest BCUT2D eigenvalue weighted by atomic mass is 10.0. The summed E-state index contributed by atoms with van der Waals surface area (Å²) in [6.45, 7) is 1.15. The first-order valence-electron chi connectivity index (χ1n) is 4.51. The van der Waals surface area contributed by atoms with E-state index in [1.54, 1.807) is 0 Å². The van der Waals surface area contributed by atoms with Crippen molar-refractivity contribution in [2.45, 2.75) is 31.7 Å². The Bertz CT molecular complexity index is 178. The van der Waals surface area contributed by atoms with Gasteiger partial charge in [-0.1, -0.05) is 0 Å². The van der Waals surface area contributed by atoms with Crippen LogP contribution in [-0.4, -0.2) is 34.8 Å². The fourth-order valence-corrected chi connectivity index (χ4v) is 1.79. The molecule has 1 unspecified atom stereocenters. The van der Waals surface area contributed by atoms with E-state index in [2.05, 4.69) is 0 Å².